The second kappa shape index (κ2) is 6.66. The number of benzene rings is 2. The molecule has 5 heteroatoms. The number of ether oxygens (including phenoxy) is 1. The molecule has 2 aromatic carbocycles. The van der Waals surface area contributed by atoms with Crippen molar-refractivity contribution in [2.75, 3.05) is 18.1 Å². The molecule has 0 aromatic heterocycles. The van der Waals surface area contributed by atoms with Crippen LogP contribution in [-0.2, 0) is 4.79 Å². The number of nitrogens with zero attached hydrogens (tertiary/aromatic N) is 1. The molecule has 1 heterocycles. The maximum absolute atomic E-state index is 12.9. The fraction of sp³-hybridized carbons (Fsp3) is 0.158. The number of fused-ring (bicyclic) bond motifs is 1. The number of halogens is 1. The van der Waals surface area contributed by atoms with E-state index in [4.69, 9.17) is 4.74 Å². The Morgan fingerprint density at radius 1 is 1.17 bits per heavy atom. The Balaban J connectivity index is 1.85. The fourth-order valence-electron chi connectivity index (χ4n) is 2.50. The normalized spacial score (nSPS) is 13.5. The molecule has 3 rings (SSSR count). The average molecular weight is 325 g/mol. The van der Waals surface area contributed by atoms with E-state index in [1.54, 1.807) is 41.3 Å². The summed E-state index contributed by atoms with van der Waals surface area (Å²) in [5.41, 5.74) is 1.85. The van der Waals surface area contributed by atoms with E-state index < -0.39 is 0 Å². The number of rotatable bonds is 3. The molecule has 1 aliphatic rings. The minimum Gasteiger partial charge on any atom is -0.490 e. The molecule has 0 radical (unpaired) electrons. The molecule has 0 N–H and O–H groups in total. The number of carbonyl (C=O) groups excluding carboxylic acids is 2. The highest BCUT2D eigenvalue weighted by Gasteiger charge is 2.23. The second-order valence-corrected chi connectivity index (χ2v) is 5.46. The third-order valence-corrected chi connectivity index (χ3v) is 3.78. The molecule has 0 saturated carbocycles. The van der Waals surface area contributed by atoms with Crippen molar-refractivity contribution < 1.29 is 18.7 Å². The summed E-state index contributed by atoms with van der Waals surface area (Å²) in [5, 5.41) is 0. The van der Waals surface area contributed by atoms with Crippen LogP contribution in [0.25, 0.3) is 6.08 Å². The smallest absolute Gasteiger partial charge is 0.251 e. The molecule has 1 amide bonds. The van der Waals surface area contributed by atoms with Crippen molar-refractivity contribution in [2.45, 2.75) is 6.92 Å². The van der Waals surface area contributed by atoms with Gasteiger partial charge in [-0.05, 0) is 48.9 Å². The van der Waals surface area contributed by atoms with E-state index in [9.17, 15) is 14.0 Å². The van der Waals surface area contributed by atoms with Gasteiger partial charge in [-0.1, -0.05) is 12.1 Å². The fourth-order valence-corrected chi connectivity index (χ4v) is 2.50. The molecule has 0 fully saturated rings. The number of anilines is 1. The number of carbonyl (C=O) groups is 2. The van der Waals surface area contributed by atoms with Crippen LogP contribution < -0.4 is 9.64 Å². The summed E-state index contributed by atoms with van der Waals surface area (Å²) in [5.74, 6) is -0.0330. The van der Waals surface area contributed by atoms with Crippen LogP contribution in [0.3, 0.4) is 0 Å². The summed E-state index contributed by atoms with van der Waals surface area (Å²) < 4.78 is 18.4. The molecule has 1 aliphatic heterocycles. The highest BCUT2D eigenvalue weighted by atomic mass is 19.1. The van der Waals surface area contributed by atoms with Gasteiger partial charge in [0.2, 0.25) is 0 Å². The molecule has 24 heavy (non-hydrogen) atoms. The zero-order valence-electron chi connectivity index (χ0n) is 13.2. The van der Waals surface area contributed by atoms with Gasteiger partial charge in [-0.15, -0.1) is 0 Å². The number of ketones is 1. The Hall–Kier alpha value is -2.95. The van der Waals surface area contributed by atoms with Crippen LogP contribution in [0.15, 0.2) is 48.5 Å². The van der Waals surface area contributed by atoms with Gasteiger partial charge in [-0.25, -0.2) is 4.39 Å². The average Bonchev–Trinajstić information content (AvgIpc) is 2.60. The molecular formula is C19H16FNO3. The first-order chi connectivity index (χ1) is 11.5. The summed E-state index contributed by atoms with van der Waals surface area (Å²) in [4.78, 5) is 25.6. The van der Waals surface area contributed by atoms with Gasteiger partial charge in [0.1, 0.15) is 18.2 Å². The number of hydrogen-bond donors (Lipinski definition) is 0. The first-order valence-corrected chi connectivity index (χ1v) is 7.57. The van der Waals surface area contributed by atoms with Gasteiger partial charge in [-0.2, -0.15) is 0 Å². The molecule has 0 atom stereocenters. The third-order valence-electron chi connectivity index (χ3n) is 3.78. The number of Topliss-reactive ketones (excluding diaryl/α,β-unsaturated/α-hetero) is 1. The van der Waals surface area contributed by atoms with Crippen molar-refractivity contribution in [1.82, 2.24) is 0 Å². The van der Waals surface area contributed by atoms with E-state index in [2.05, 4.69) is 0 Å². The Morgan fingerprint density at radius 3 is 2.62 bits per heavy atom. The van der Waals surface area contributed by atoms with E-state index in [0.29, 0.717) is 30.2 Å². The Labute approximate surface area is 139 Å². The lowest BCUT2D eigenvalue weighted by Gasteiger charge is -2.29. The van der Waals surface area contributed by atoms with Crippen molar-refractivity contribution in [2.24, 2.45) is 0 Å². The van der Waals surface area contributed by atoms with Crippen LogP contribution in [-0.4, -0.2) is 24.8 Å². The molecular weight excluding hydrogens is 309 g/mol. The van der Waals surface area contributed by atoms with Crippen LogP contribution in [0.5, 0.6) is 5.75 Å². The molecule has 122 valence electrons. The van der Waals surface area contributed by atoms with Gasteiger partial charge in [0.05, 0.1) is 12.2 Å². The molecule has 0 saturated heterocycles. The van der Waals surface area contributed by atoms with Gasteiger partial charge in [0.25, 0.3) is 5.91 Å². The first-order valence-electron chi connectivity index (χ1n) is 7.57. The maximum atomic E-state index is 12.9. The Bertz CT molecular complexity index is 812. The van der Waals surface area contributed by atoms with Crippen molar-refractivity contribution in [1.29, 1.82) is 0 Å². The van der Waals surface area contributed by atoms with Crippen LogP contribution >= 0.6 is 0 Å². The second-order valence-electron chi connectivity index (χ2n) is 5.46. The Kier molecular flexibility index (Phi) is 4.42. The summed E-state index contributed by atoms with van der Waals surface area (Å²) in [6.07, 6.45) is 3.06. The van der Waals surface area contributed by atoms with E-state index in [-0.39, 0.29) is 17.5 Å². The van der Waals surface area contributed by atoms with Crippen molar-refractivity contribution in [3.05, 3.63) is 65.5 Å². The molecule has 0 unspecified atom stereocenters. The van der Waals surface area contributed by atoms with Crippen LogP contribution in [0.1, 0.15) is 22.8 Å². The SMILES string of the molecule is CC(=O)c1ccc2c(c1)N(C(=O)/C=C/c1ccc(F)cc1)CCO2. The van der Waals surface area contributed by atoms with Crippen LogP contribution in [0.4, 0.5) is 10.1 Å². The monoisotopic (exact) mass is 325 g/mol. The topological polar surface area (TPSA) is 46.6 Å². The lowest BCUT2D eigenvalue weighted by molar-refractivity contribution is -0.114. The number of amides is 1. The van der Waals surface area contributed by atoms with Crippen LogP contribution in [0, 0.1) is 5.82 Å². The highest BCUT2D eigenvalue weighted by Crippen LogP contribution is 2.33. The minimum absolute atomic E-state index is 0.0716. The van der Waals surface area contributed by atoms with Gasteiger partial charge in [0, 0.05) is 11.6 Å². The summed E-state index contributed by atoms with van der Waals surface area (Å²) in [6.45, 7) is 2.27. The van der Waals surface area contributed by atoms with E-state index in [0.717, 1.165) is 5.56 Å². The quantitative estimate of drug-likeness (QED) is 0.641. The highest BCUT2D eigenvalue weighted by molar-refractivity contribution is 6.06. The first kappa shape index (κ1) is 15.9. The van der Waals surface area contributed by atoms with Gasteiger partial charge in [-0.3, -0.25) is 9.59 Å². The van der Waals surface area contributed by atoms with Crippen LogP contribution in [0.2, 0.25) is 0 Å². The molecule has 0 bridgehead atoms. The minimum atomic E-state index is -0.322. The zero-order chi connectivity index (χ0) is 17.1. The van der Waals surface area contributed by atoms with E-state index in [1.807, 2.05) is 0 Å². The maximum Gasteiger partial charge on any atom is 0.251 e. The van der Waals surface area contributed by atoms with E-state index in [1.165, 1.54) is 25.1 Å². The number of hydrogen-bond acceptors (Lipinski definition) is 3. The Morgan fingerprint density at radius 2 is 1.92 bits per heavy atom. The summed E-state index contributed by atoms with van der Waals surface area (Å²) in [6, 6.07) is 10.9. The summed E-state index contributed by atoms with van der Waals surface area (Å²) in [7, 11) is 0. The largest absolute Gasteiger partial charge is 0.490 e. The standard InChI is InChI=1S/C19H16FNO3/c1-13(22)15-5-8-18-17(12-15)21(10-11-24-18)19(23)9-4-14-2-6-16(20)7-3-14/h2-9,12H,10-11H2,1H3/b9-4+. The summed E-state index contributed by atoms with van der Waals surface area (Å²) >= 11 is 0. The van der Waals surface area contributed by atoms with Gasteiger partial charge in [0.15, 0.2) is 5.78 Å². The van der Waals surface area contributed by atoms with Crippen molar-refractivity contribution >= 4 is 23.5 Å². The van der Waals surface area contributed by atoms with Gasteiger partial charge >= 0.3 is 0 Å². The van der Waals surface area contributed by atoms with Crippen molar-refractivity contribution in [3.63, 3.8) is 0 Å². The predicted molar refractivity (Wildman–Crippen MR) is 89.7 cm³/mol. The molecule has 2 aromatic rings. The molecule has 4 nitrogen and oxygen atoms in total. The predicted octanol–water partition coefficient (Wildman–Crippen LogP) is 3.47. The molecule has 0 aliphatic carbocycles. The lowest BCUT2D eigenvalue weighted by atomic mass is 10.1. The third kappa shape index (κ3) is 3.35. The van der Waals surface area contributed by atoms with Gasteiger partial charge < -0.3 is 9.64 Å². The lowest BCUT2D eigenvalue weighted by Crippen LogP contribution is -2.37. The van der Waals surface area contributed by atoms with Crippen molar-refractivity contribution in [3.8, 4) is 5.75 Å². The molecule has 0 spiro atoms. The zero-order valence-corrected chi connectivity index (χ0v) is 13.2. The van der Waals surface area contributed by atoms with E-state index >= 15 is 0 Å².